The van der Waals surface area contributed by atoms with Crippen molar-refractivity contribution in [2.75, 3.05) is 21.9 Å². The number of carbonyl (C=O) groups is 1. The molecule has 1 amide bonds. The van der Waals surface area contributed by atoms with E-state index in [1.807, 2.05) is 13.8 Å². The van der Waals surface area contributed by atoms with Gasteiger partial charge in [0.2, 0.25) is 15.9 Å². The highest BCUT2D eigenvalue weighted by molar-refractivity contribution is 7.92. The molecule has 1 aliphatic heterocycles. The standard InChI is InChI=1S/C16H25N3O3S/c1-3-12(2)15(17)16(20)18-13-7-6-8-14(11-13)19-9-4-5-10-23(19,21)22/h6-8,11-12,15H,3-5,9-10,17H2,1-2H3,(H,18,20)/t12?,15-/m0/s1. The zero-order valence-corrected chi connectivity index (χ0v) is 14.5. The van der Waals surface area contributed by atoms with Crippen LogP contribution in [-0.2, 0) is 14.8 Å². The number of hydrogen-bond acceptors (Lipinski definition) is 4. The van der Waals surface area contributed by atoms with Gasteiger partial charge in [-0.25, -0.2) is 8.42 Å². The van der Waals surface area contributed by atoms with Gasteiger partial charge in [-0.15, -0.1) is 0 Å². The number of anilines is 2. The third-order valence-electron chi connectivity index (χ3n) is 4.31. The van der Waals surface area contributed by atoms with E-state index in [1.54, 1.807) is 24.3 Å². The van der Waals surface area contributed by atoms with Gasteiger partial charge in [0.1, 0.15) is 0 Å². The van der Waals surface area contributed by atoms with Gasteiger partial charge in [0, 0.05) is 12.2 Å². The molecule has 1 heterocycles. The fourth-order valence-electron chi connectivity index (χ4n) is 2.56. The monoisotopic (exact) mass is 339 g/mol. The van der Waals surface area contributed by atoms with E-state index < -0.39 is 16.1 Å². The number of rotatable bonds is 5. The number of nitrogens with two attached hydrogens (primary N) is 1. The van der Waals surface area contributed by atoms with Crippen LogP contribution in [-0.4, -0.2) is 32.7 Å². The summed E-state index contributed by atoms with van der Waals surface area (Å²) in [6, 6.07) is 6.32. The molecule has 6 nitrogen and oxygen atoms in total. The van der Waals surface area contributed by atoms with Crippen molar-refractivity contribution in [1.29, 1.82) is 0 Å². The molecule has 2 atom stereocenters. The topological polar surface area (TPSA) is 92.5 Å². The first-order chi connectivity index (χ1) is 10.8. The first kappa shape index (κ1) is 17.7. The van der Waals surface area contributed by atoms with E-state index in [1.165, 1.54) is 4.31 Å². The van der Waals surface area contributed by atoms with E-state index in [-0.39, 0.29) is 17.6 Å². The lowest BCUT2D eigenvalue weighted by atomic mass is 9.99. The second-order valence-corrected chi connectivity index (χ2v) is 8.06. The molecular formula is C16H25N3O3S. The van der Waals surface area contributed by atoms with Gasteiger partial charge in [0.25, 0.3) is 0 Å². The van der Waals surface area contributed by atoms with Crippen molar-refractivity contribution in [2.45, 2.75) is 39.2 Å². The van der Waals surface area contributed by atoms with Crippen molar-refractivity contribution in [3.05, 3.63) is 24.3 Å². The first-order valence-electron chi connectivity index (χ1n) is 8.02. The molecule has 0 bridgehead atoms. The Morgan fingerprint density at radius 1 is 1.39 bits per heavy atom. The number of nitrogens with zero attached hydrogens (tertiary/aromatic N) is 1. The van der Waals surface area contributed by atoms with E-state index in [4.69, 9.17) is 5.73 Å². The SMILES string of the molecule is CCC(C)[C@H](N)C(=O)Nc1cccc(N2CCCCS2(=O)=O)c1. The normalized spacial score (nSPS) is 19.9. The Morgan fingerprint density at radius 2 is 2.13 bits per heavy atom. The molecule has 0 aromatic heterocycles. The highest BCUT2D eigenvalue weighted by Crippen LogP contribution is 2.26. The minimum absolute atomic E-state index is 0.0839. The molecule has 1 fully saturated rings. The Balaban J connectivity index is 2.15. The van der Waals surface area contributed by atoms with Gasteiger partial charge in [-0.3, -0.25) is 9.10 Å². The molecule has 7 heteroatoms. The largest absolute Gasteiger partial charge is 0.325 e. The van der Waals surface area contributed by atoms with Gasteiger partial charge in [-0.05, 0) is 37.0 Å². The van der Waals surface area contributed by atoms with Crippen molar-refractivity contribution in [3.8, 4) is 0 Å². The molecule has 1 aliphatic rings. The summed E-state index contributed by atoms with van der Waals surface area (Å²) in [5, 5.41) is 2.78. The lowest BCUT2D eigenvalue weighted by Gasteiger charge is -2.28. The van der Waals surface area contributed by atoms with Crippen LogP contribution in [0.5, 0.6) is 0 Å². The second-order valence-electron chi connectivity index (χ2n) is 6.05. The molecule has 1 saturated heterocycles. The van der Waals surface area contributed by atoms with Gasteiger partial charge in [0.15, 0.2) is 0 Å². The number of benzene rings is 1. The molecule has 2 rings (SSSR count). The Hall–Kier alpha value is -1.60. The third kappa shape index (κ3) is 4.23. The third-order valence-corrected chi connectivity index (χ3v) is 6.18. The Labute approximate surface area is 138 Å². The number of carbonyl (C=O) groups excluding carboxylic acids is 1. The predicted octanol–water partition coefficient (Wildman–Crippen LogP) is 1.93. The molecule has 0 spiro atoms. The molecule has 1 unspecified atom stereocenters. The average Bonchev–Trinajstić information content (AvgIpc) is 2.53. The van der Waals surface area contributed by atoms with Crippen molar-refractivity contribution in [2.24, 2.45) is 11.7 Å². The van der Waals surface area contributed by atoms with Crippen molar-refractivity contribution >= 4 is 27.3 Å². The molecule has 23 heavy (non-hydrogen) atoms. The quantitative estimate of drug-likeness (QED) is 0.857. The average molecular weight is 339 g/mol. The molecule has 3 N–H and O–H groups in total. The van der Waals surface area contributed by atoms with E-state index >= 15 is 0 Å². The lowest BCUT2D eigenvalue weighted by molar-refractivity contribution is -0.118. The maximum atomic E-state index is 12.2. The summed E-state index contributed by atoms with van der Waals surface area (Å²) in [5.41, 5.74) is 7.07. The van der Waals surface area contributed by atoms with Crippen LogP contribution < -0.4 is 15.4 Å². The zero-order chi connectivity index (χ0) is 17.0. The second kappa shape index (κ2) is 7.31. The van der Waals surface area contributed by atoms with Crippen molar-refractivity contribution in [1.82, 2.24) is 0 Å². The van der Waals surface area contributed by atoms with E-state index in [0.717, 1.165) is 12.8 Å². The summed E-state index contributed by atoms with van der Waals surface area (Å²) >= 11 is 0. The molecule has 1 aromatic rings. The van der Waals surface area contributed by atoms with Crippen LogP contribution in [0.2, 0.25) is 0 Å². The molecule has 128 valence electrons. The number of hydrogen-bond donors (Lipinski definition) is 2. The first-order valence-corrected chi connectivity index (χ1v) is 9.63. The van der Waals surface area contributed by atoms with Crippen LogP contribution in [0, 0.1) is 5.92 Å². The van der Waals surface area contributed by atoms with Crippen LogP contribution in [0.25, 0.3) is 0 Å². The molecule has 1 aromatic carbocycles. The minimum atomic E-state index is -3.26. The van der Waals surface area contributed by atoms with E-state index in [9.17, 15) is 13.2 Å². The van der Waals surface area contributed by atoms with E-state index in [0.29, 0.717) is 24.3 Å². The van der Waals surface area contributed by atoms with Crippen LogP contribution in [0.1, 0.15) is 33.1 Å². The Bertz CT molecular complexity index is 660. The summed E-state index contributed by atoms with van der Waals surface area (Å²) in [6.07, 6.45) is 2.36. The fraction of sp³-hybridized carbons (Fsp3) is 0.562. The predicted molar refractivity (Wildman–Crippen MR) is 92.9 cm³/mol. The van der Waals surface area contributed by atoms with Gasteiger partial charge in [-0.1, -0.05) is 26.3 Å². The summed E-state index contributed by atoms with van der Waals surface area (Å²) in [6.45, 7) is 4.40. The van der Waals surface area contributed by atoms with Gasteiger partial charge >= 0.3 is 0 Å². The zero-order valence-electron chi connectivity index (χ0n) is 13.7. The van der Waals surface area contributed by atoms with Crippen LogP contribution in [0.4, 0.5) is 11.4 Å². The number of sulfonamides is 1. The van der Waals surface area contributed by atoms with Crippen LogP contribution in [0.15, 0.2) is 24.3 Å². The van der Waals surface area contributed by atoms with E-state index in [2.05, 4.69) is 5.32 Å². The maximum absolute atomic E-state index is 12.2. The summed E-state index contributed by atoms with van der Waals surface area (Å²) in [5.74, 6) is 0.00121. The lowest BCUT2D eigenvalue weighted by Crippen LogP contribution is -2.40. The Morgan fingerprint density at radius 3 is 2.78 bits per heavy atom. The Kier molecular flexibility index (Phi) is 5.64. The molecule has 0 aliphatic carbocycles. The molecule has 0 saturated carbocycles. The van der Waals surface area contributed by atoms with Crippen molar-refractivity contribution in [3.63, 3.8) is 0 Å². The maximum Gasteiger partial charge on any atom is 0.241 e. The van der Waals surface area contributed by atoms with Gasteiger partial charge in [-0.2, -0.15) is 0 Å². The van der Waals surface area contributed by atoms with Crippen molar-refractivity contribution < 1.29 is 13.2 Å². The molecular weight excluding hydrogens is 314 g/mol. The summed E-state index contributed by atoms with van der Waals surface area (Å²) in [7, 11) is -3.26. The van der Waals surface area contributed by atoms with Crippen LogP contribution in [0.3, 0.4) is 0 Å². The highest BCUT2D eigenvalue weighted by Gasteiger charge is 2.26. The number of nitrogens with one attached hydrogen (secondary N) is 1. The van der Waals surface area contributed by atoms with Gasteiger partial charge in [0.05, 0.1) is 17.5 Å². The van der Waals surface area contributed by atoms with Crippen LogP contribution >= 0.6 is 0 Å². The van der Waals surface area contributed by atoms with Gasteiger partial charge < -0.3 is 11.1 Å². The minimum Gasteiger partial charge on any atom is -0.325 e. The number of amides is 1. The smallest absolute Gasteiger partial charge is 0.241 e. The fourth-order valence-corrected chi connectivity index (χ4v) is 4.19. The summed E-state index contributed by atoms with van der Waals surface area (Å²) < 4.78 is 25.8. The highest BCUT2D eigenvalue weighted by atomic mass is 32.2. The molecule has 0 radical (unpaired) electrons. The summed E-state index contributed by atoms with van der Waals surface area (Å²) in [4.78, 5) is 12.2.